The zero-order valence-electron chi connectivity index (χ0n) is 19.2. The van der Waals surface area contributed by atoms with E-state index in [1.165, 1.54) is 6.92 Å². The zero-order chi connectivity index (χ0) is 25.7. The van der Waals surface area contributed by atoms with Crippen molar-refractivity contribution in [2.24, 2.45) is 17.4 Å². The molecule has 5 atom stereocenters. The lowest BCUT2D eigenvalue weighted by molar-refractivity contribution is -0.143. The normalized spacial score (nSPS) is 15.6. The molecule has 0 aromatic carbocycles. The van der Waals surface area contributed by atoms with Gasteiger partial charge in [0.2, 0.25) is 17.7 Å². The molecule has 0 fully saturated rings. The number of unbranched alkanes of at least 4 members (excludes halogenated alkanes) is 1. The van der Waals surface area contributed by atoms with E-state index in [1.807, 2.05) is 0 Å². The fourth-order valence-corrected chi connectivity index (χ4v) is 2.82. The van der Waals surface area contributed by atoms with Crippen molar-refractivity contribution in [1.82, 2.24) is 16.0 Å². The van der Waals surface area contributed by atoms with E-state index in [-0.39, 0.29) is 12.8 Å². The lowest BCUT2D eigenvalue weighted by atomic mass is 10.0. The highest BCUT2D eigenvalue weighted by molar-refractivity contribution is 5.94. The van der Waals surface area contributed by atoms with Crippen molar-refractivity contribution in [2.45, 2.75) is 83.1 Å². The molecule has 0 unspecified atom stereocenters. The third-order valence-electron chi connectivity index (χ3n) is 4.91. The predicted octanol–water partition coefficient (Wildman–Crippen LogP) is -2.12. The summed E-state index contributed by atoms with van der Waals surface area (Å²) in [5.74, 6) is -5.35. The van der Waals surface area contributed by atoms with Crippen LogP contribution in [0.5, 0.6) is 0 Å². The maximum Gasteiger partial charge on any atom is 0.326 e. The van der Waals surface area contributed by atoms with Gasteiger partial charge >= 0.3 is 11.9 Å². The molecule has 0 aromatic heterocycles. The van der Waals surface area contributed by atoms with Crippen molar-refractivity contribution < 1.29 is 39.3 Å². The first-order valence-corrected chi connectivity index (χ1v) is 10.8. The molecule has 33 heavy (non-hydrogen) atoms. The second kappa shape index (κ2) is 15.1. The van der Waals surface area contributed by atoms with Gasteiger partial charge in [-0.25, -0.2) is 4.79 Å². The second-order valence-corrected chi connectivity index (χ2v) is 8.17. The molecule has 0 aromatic rings. The van der Waals surface area contributed by atoms with E-state index >= 15 is 0 Å². The number of carbonyl (C=O) groups excluding carboxylic acids is 3. The highest BCUT2D eigenvalue weighted by Crippen LogP contribution is 2.08. The second-order valence-electron chi connectivity index (χ2n) is 8.17. The number of carboxylic acids is 2. The van der Waals surface area contributed by atoms with E-state index < -0.39 is 72.3 Å². The van der Waals surface area contributed by atoms with E-state index in [1.54, 1.807) is 13.8 Å². The quantitative estimate of drug-likeness (QED) is 0.113. The van der Waals surface area contributed by atoms with Gasteiger partial charge in [0.1, 0.15) is 24.2 Å². The summed E-state index contributed by atoms with van der Waals surface area (Å²) < 4.78 is 0. The smallest absolute Gasteiger partial charge is 0.326 e. The number of hydrogen-bond acceptors (Lipinski definition) is 8. The van der Waals surface area contributed by atoms with Gasteiger partial charge in [0.25, 0.3) is 0 Å². The summed E-state index contributed by atoms with van der Waals surface area (Å²) in [4.78, 5) is 60.2. The number of rotatable bonds is 16. The molecule has 13 heteroatoms. The van der Waals surface area contributed by atoms with Crippen molar-refractivity contribution in [3.8, 4) is 0 Å². The largest absolute Gasteiger partial charge is 0.481 e. The van der Waals surface area contributed by atoms with Gasteiger partial charge in [-0.1, -0.05) is 13.8 Å². The van der Waals surface area contributed by atoms with Crippen molar-refractivity contribution in [3.05, 3.63) is 0 Å². The van der Waals surface area contributed by atoms with Gasteiger partial charge in [-0.05, 0) is 45.1 Å². The molecule has 0 saturated carbocycles. The maximum atomic E-state index is 12.8. The van der Waals surface area contributed by atoms with Crippen molar-refractivity contribution in [3.63, 3.8) is 0 Å². The molecule has 0 rings (SSSR count). The first-order chi connectivity index (χ1) is 15.3. The van der Waals surface area contributed by atoms with E-state index in [2.05, 4.69) is 16.0 Å². The van der Waals surface area contributed by atoms with Crippen molar-refractivity contribution >= 4 is 29.7 Å². The van der Waals surface area contributed by atoms with Gasteiger partial charge in [-0.2, -0.15) is 0 Å². The standard InChI is InChI=1S/C20H37N5O8/c1-10(2)16(25-18(30)15(22)11(3)26)19(31)23-12(7-8-14(27)28)17(29)24-13(20(32)33)6-4-5-9-21/h10-13,15-16,26H,4-9,21-22H2,1-3H3,(H,23,31)(H,24,29)(H,25,30)(H,27,28)(H,32,33)/t11-,12+,13+,15+,16+/m1/s1. The molecule has 0 bridgehead atoms. The first kappa shape index (κ1) is 30.2. The van der Waals surface area contributed by atoms with Crippen LogP contribution in [0.25, 0.3) is 0 Å². The van der Waals surface area contributed by atoms with Gasteiger partial charge < -0.3 is 42.7 Å². The number of aliphatic hydroxyl groups excluding tert-OH is 1. The summed E-state index contributed by atoms with van der Waals surface area (Å²) >= 11 is 0. The van der Waals surface area contributed by atoms with Crippen LogP contribution in [0.1, 0.15) is 52.9 Å². The van der Waals surface area contributed by atoms with Crippen LogP contribution in [0, 0.1) is 5.92 Å². The Morgan fingerprint density at radius 3 is 1.85 bits per heavy atom. The monoisotopic (exact) mass is 475 g/mol. The van der Waals surface area contributed by atoms with E-state index in [4.69, 9.17) is 16.6 Å². The Balaban J connectivity index is 5.46. The molecule has 3 amide bonds. The Labute approximate surface area is 192 Å². The predicted molar refractivity (Wildman–Crippen MR) is 118 cm³/mol. The SMILES string of the molecule is CC(C)[C@H](NC(=O)[C@@H](N)[C@@H](C)O)C(=O)N[C@@H](CCC(=O)O)C(=O)N[C@@H](CCCCN)C(=O)O. The summed E-state index contributed by atoms with van der Waals surface area (Å²) in [6, 6.07) is -5.01. The molecule has 0 radical (unpaired) electrons. The molecule has 13 nitrogen and oxygen atoms in total. The number of aliphatic hydroxyl groups is 1. The molecule has 10 N–H and O–H groups in total. The van der Waals surface area contributed by atoms with Crippen LogP contribution in [0.3, 0.4) is 0 Å². The first-order valence-electron chi connectivity index (χ1n) is 10.8. The van der Waals surface area contributed by atoms with E-state index in [9.17, 15) is 34.2 Å². The van der Waals surface area contributed by atoms with Crippen LogP contribution in [0.4, 0.5) is 0 Å². The summed E-state index contributed by atoms with van der Waals surface area (Å²) in [6.07, 6.45) is -0.807. The fourth-order valence-electron chi connectivity index (χ4n) is 2.82. The minimum atomic E-state index is -1.35. The third-order valence-corrected chi connectivity index (χ3v) is 4.91. The van der Waals surface area contributed by atoms with Gasteiger partial charge in [-0.3, -0.25) is 19.2 Å². The lowest BCUT2D eigenvalue weighted by Gasteiger charge is -2.27. The molecule has 0 heterocycles. The number of hydrogen-bond donors (Lipinski definition) is 8. The Hall–Kier alpha value is -2.77. The lowest BCUT2D eigenvalue weighted by Crippen LogP contribution is -2.59. The summed E-state index contributed by atoms with van der Waals surface area (Å²) in [6.45, 7) is 4.93. The molecule has 190 valence electrons. The van der Waals surface area contributed by atoms with Gasteiger partial charge in [0.05, 0.1) is 6.10 Å². The van der Waals surface area contributed by atoms with E-state index in [0.717, 1.165) is 0 Å². The van der Waals surface area contributed by atoms with Crippen LogP contribution in [0.2, 0.25) is 0 Å². The van der Waals surface area contributed by atoms with Crippen LogP contribution >= 0.6 is 0 Å². The summed E-state index contributed by atoms with van der Waals surface area (Å²) in [5, 5.41) is 34.9. The fraction of sp³-hybridized carbons (Fsp3) is 0.750. The van der Waals surface area contributed by atoms with Crippen molar-refractivity contribution in [2.75, 3.05) is 6.54 Å². The minimum Gasteiger partial charge on any atom is -0.481 e. The van der Waals surface area contributed by atoms with E-state index in [0.29, 0.717) is 19.4 Å². The average molecular weight is 476 g/mol. The number of nitrogens with two attached hydrogens (primary N) is 2. The zero-order valence-corrected chi connectivity index (χ0v) is 19.2. The average Bonchev–Trinajstić information content (AvgIpc) is 2.72. The minimum absolute atomic E-state index is 0.111. The topological polar surface area (TPSA) is 234 Å². The van der Waals surface area contributed by atoms with Crippen LogP contribution < -0.4 is 27.4 Å². The molecular weight excluding hydrogens is 438 g/mol. The highest BCUT2D eigenvalue weighted by Gasteiger charge is 2.32. The third kappa shape index (κ3) is 11.6. The Morgan fingerprint density at radius 2 is 1.39 bits per heavy atom. The Kier molecular flexibility index (Phi) is 13.9. The number of carbonyl (C=O) groups is 5. The number of amides is 3. The molecule has 0 aliphatic rings. The number of carboxylic acid groups (broad SMARTS) is 2. The molecule has 0 aliphatic carbocycles. The van der Waals surface area contributed by atoms with Gasteiger partial charge in [0, 0.05) is 6.42 Å². The van der Waals surface area contributed by atoms with Crippen LogP contribution in [0.15, 0.2) is 0 Å². The number of nitrogens with one attached hydrogen (secondary N) is 3. The van der Waals surface area contributed by atoms with Crippen LogP contribution in [-0.4, -0.2) is 81.8 Å². The summed E-state index contributed by atoms with van der Waals surface area (Å²) in [5.41, 5.74) is 11.0. The van der Waals surface area contributed by atoms with Gasteiger partial charge in [0.15, 0.2) is 0 Å². The van der Waals surface area contributed by atoms with Crippen LogP contribution in [-0.2, 0) is 24.0 Å². The molecular formula is C20H37N5O8. The van der Waals surface area contributed by atoms with Crippen molar-refractivity contribution in [1.29, 1.82) is 0 Å². The Bertz CT molecular complexity index is 685. The molecule has 0 spiro atoms. The Morgan fingerprint density at radius 1 is 0.818 bits per heavy atom. The van der Waals surface area contributed by atoms with Gasteiger partial charge in [-0.15, -0.1) is 0 Å². The molecule has 0 aliphatic heterocycles. The number of aliphatic carboxylic acids is 2. The maximum absolute atomic E-state index is 12.8. The summed E-state index contributed by atoms with van der Waals surface area (Å²) in [7, 11) is 0. The molecule has 0 saturated heterocycles. The highest BCUT2D eigenvalue weighted by atomic mass is 16.4.